The Balaban J connectivity index is 3.17. The maximum absolute atomic E-state index is 11.0. The Bertz CT molecular complexity index is 434. The van der Waals surface area contributed by atoms with Crippen LogP contribution in [0, 0.1) is 12.3 Å². The molecule has 2 N–H and O–H groups in total. The molecular weight excluding hydrogens is 206 g/mol. The van der Waals surface area contributed by atoms with Gasteiger partial charge in [-0.25, -0.2) is 0 Å². The number of hydrogen-bond acceptors (Lipinski definition) is 3. The predicted molar refractivity (Wildman–Crippen MR) is 61.1 cm³/mol. The number of terminal acetylenes is 1. The number of methoxy groups -OCH3 is 1. The zero-order valence-corrected chi connectivity index (χ0v) is 9.15. The van der Waals surface area contributed by atoms with Crippen LogP contribution in [0.15, 0.2) is 18.2 Å². The van der Waals surface area contributed by atoms with E-state index in [0.717, 1.165) is 0 Å². The Morgan fingerprint density at radius 1 is 1.62 bits per heavy atom. The Morgan fingerprint density at radius 3 is 2.81 bits per heavy atom. The molecule has 0 spiro atoms. The van der Waals surface area contributed by atoms with Crippen molar-refractivity contribution in [2.24, 2.45) is 0 Å². The number of nitrogens with one attached hydrogen (secondary N) is 1. The fraction of sp³-hybridized carbons (Fsp3) is 0.250. The monoisotopic (exact) mass is 219 g/mol. The van der Waals surface area contributed by atoms with Crippen LogP contribution in [0.5, 0.6) is 5.75 Å². The van der Waals surface area contributed by atoms with Crippen LogP contribution in [0.1, 0.15) is 18.6 Å². The molecule has 1 rings (SSSR count). The van der Waals surface area contributed by atoms with Crippen molar-refractivity contribution < 1.29 is 14.6 Å². The molecule has 4 heteroatoms. The van der Waals surface area contributed by atoms with Gasteiger partial charge in [0.1, 0.15) is 11.9 Å². The molecular formula is C12H13NO3. The van der Waals surface area contributed by atoms with Crippen LogP contribution in [-0.4, -0.2) is 18.1 Å². The molecule has 84 valence electrons. The van der Waals surface area contributed by atoms with Gasteiger partial charge in [0.15, 0.2) is 0 Å². The summed E-state index contributed by atoms with van der Waals surface area (Å²) in [6, 6.07) is 4.91. The molecule has 0 saturated carbocycles. The molecule has 1 aromatic rings. The molecule has 0 aliphatic rings. The van der Waals surface area contributed by atoms with E-state index in [9.17, 15) is 9.90 Å². The van der Waals surface area contributed by atoms with Gasteiger partial charge in [-0.2, -0.15) is 0 Å². The van der Waals surface area contributed by atoms with E-state index >= 15 is 0 Å². The van der Waals surface area contributed by atoms with Crippen LogP contribution in [0.2, 0.25) is 0 Å². The second kappa shape index (κ2) is 5.19. The van der Waals surface area contributed by atoms with Crippen LogP contribution in [-0.2, 0) is 4.79 Å². The third-order valence-electron chi connectivity index (χ3n) is 2.02. The lowest BCUT2D eigenvalue weighted by Crippen LogP contribution is -2.09. The van der Waals surface area contributed by atoms with E-state index < -0.39 is 6.10 Å². The molecule has 0 aromatic heterocycles. The molecule has 0 saturated heterocycles. The van der Waals surface area contributed by atoms with Gasteiger partial charge in [-0.05, 0) is 18.2 Å². The maximum Gasteiger partial charge on any atom is 0.221 e. The quantitative estimate of drug-likeness (QED) is 0.754. The third-order valence-corrected chi connectivity index (χ3v) is 2.02. The normalized spacial score (nSPS) is 11.4. The van der Waals surface area contributed by atoms with Crippen LogP contribution in [0.4, 0.5) is 5.69 Å². The molecule has 1 aromatic carbocycles. The summed E-state index contributed by atoms with van der Waals surface area (Å²) in [7, 11) is 1.51. The van der Waals surface area contributed by atoms with E-state index in [1.165, 1.54) is 14.0 Å². The number of carbonyl (C=O) groups excluding carboxylic acids is 1. The fourth-order valence-electron chi connectivity index (χ4n) is 1.29. The Hall–Kier alpha value is -1.99. The second-order valence-electron chi connectivity index (χ2n) is 3.20. The van der Waals surface area contributed by atoms with Gasteiger partial charge in [0, 0.05) is 18.2 Å². The van der Waals surface area contributed by atoms with Crippen LogP contribution in [0.3, 0.4) is 0 Å². The number of carbonyl (C=O) groups is 1. The summed E-state index contributed by atoms with van der Waals surface area (Å²) in [5.74, 6) is 2.54. The lowest BCUT2D eigenvalue weighted by atomic mass is 10.1. The minimum atomic E-state index is -1.07. The van der Waals surface area contributed by atoms with Crippen molar-refractivity contribution in [3.8, 4) is 18.1 Å². The summed E-state index contributed by atoms with van der Waals surface area (Å²) < 4.78 is 5.02. The molecule has 16 heavy (non-hydrogen) atoms. The average Bonchev–Trinajstić information content (AvgIpc) is 2.28. The van der Waals surface area contributed by atoms with Crippen molar-refractivity contribution in [2.75, 3.05) is 12.4 Å². The molecule has 1 amide bonds. The van der Waals surface area contributed by atoms with E-state index in [1.807, 2.05) is 0 Å². The van der Waals surface area contributed by atoms with Crippen LogP contribution in [0.25, 0.3) is 0 Å². The van der Waals surface area contributed by atoms with Crippen molar-refractivity contribution in [3.05, 3.63) is 23.8 Å². The number of amides is 1. The second-order valence-corrected chi connectivity index (χ2v) is 3.20. The first-order chi connectivity index (χ1) is 7.58. The van der Waals surface area contributed by atoms with Crippen molar-refractivity contribution in [2.45, 2.75) is 13.0 Å². The Morgan fingerprint density at radius 2 is 2.31 bits per heavy atom. The third kappa shape index (κ3) is 2.75. The van der Waals surface area contributed by atoms with Gasteiger partial charge in [0.05, 0.1) is 7.11 Å². The molecule has 0 aliphatic heterocycles. The van der Waals surface area contributed by atoms with E-state index in [2.05, 4.69) is 11.2 Å². The van der Waals surface area contributed by atoms with E-state index in [1.54, 1.807) is 18.2 Å². The number of hydrogen-bond donors (Lipinski definition) is 2. The van der Waals surface area contributed by atoms with Crippen molar-refractivity contribution in [1.82, 2.24) is 0 Å². The Labute approximate surface area is 94.2 Å². The van der Waals surface area contributed by atoms with Gasteiger partial charge in [0.25, 0.3) is 0 Å². The van der Waals surface area contributed by atoms with Crippen molar-refractivity contribution in [3.63, 3.8) is 0 Å². The zero-order chi connectivity index (χ0) is 12.1. The van der Waals surface area contributed by atoms with E-state index in [0.29, 0.717) is 17.0 Å². The number of aliphatic hydroxyl groups is 1. The highest BCUT2D eigenvalue weighted by Gasteiger charge is 2.12. The van der Waals surface area contributed by atoms with Gasteiger partial charge in [-0.1, -0.05) is 5.92 Å². The SMILES string of the molecule is C#CC(O)c1cc(OC)ccc1NC(C)=O. The number of anilines is 1. The summed E-state index contributed by atoms with van der Waals surface area (Å²) in [5.41, 5.74) is 0.927. The Kier molecular flexibility index (Phi) is 3.92. The minimum absolute atomic E-state index is 0.226. The molecule has 0 aliphatic carbocycles. The maximum atomic E-state index is 11.0. The van der Waals surface area contributed by atoms with Gasteiger partial charge in [0.2, 0.25) is 5.91 Å². The number of aliphatic hydroxyl groups excluding tert-OH is 1. The largest absolute Gasteiger partial charge is 0.497 e. The molecule has 0 heterocycles. The zero-order valence-electron chi connectivity index (χ0n) is 9.15. The standard InChI is InChI=1S/C12H13NO3/c1-4-12(15)10-7-9(16-3)5-6-11(10)13-8(2)14/h1,5-7,12,15H,2-3H3,(H,13,14). The molecule has 0 fully saturated rings. The summed E-state index contributed by atoms with van der Waals surface area (Å²) in [6.45, 7) is 1.39. The van der Waals surface area contributed by atoms with Gasteiger partial charge in [-0.15, -0.1) is 6.42 Å². The molecule has 0 bridgehead atoms. The molecule has 0 radical (unpaired) electrons. The fourth-order valence-corrected chi connectivity index (χ4v) is 1.29. The van der Waals surface area contributed by atoms with Crippen molar-refractivity contribution >= 4 is 11.6 Å². The molecule has 4 nitrogen and oxygen atoms in total. The highest BCUT2D eigenvalue weighted by molar-refractivity contribution is 5.89. The first-order valence-electron chi connectivity index (χ1n) is 4.68. The van der Waals surface area contributed by atoms with Gasteiger partial charge < -0.3 is 15.2 Å². The van der Waals surface area contributed by atoms with Crippen LogP contribution >= 0.6 is 0 Å². The van der Waals surface area contributed by atoms with Crippen molar-refractivity contribution in [1.29, 1.82) is 0 Å². The van der Waals surface area contributed by atoms with Crippen LogP contribution < -0.4 is 10.1 Å². The summed E-state index contributed by atoms with van der Waals surface area (Å²) in [5, 5.41) is 12.2. The first kappa shape index (κ1) is 12.1. The summed E-state index contributed by atoms with van der Waals surface area (Å²) >= 11 is 0. The van der Waals surface area contributed by atoms with E-state index in [4.69, 9.17) is 11.2 Å². The first-order valence-corrected chi connectivity index (χ1v) is 4.68. The topological polar surface area (TPSA) is 58.6 Å². The lowest BCUT2D eigenvalue weighted by Gasteiger charge is -2.13. The predicted octanol–water partition coefficient (Wildman–Crippen LogP) is 1.32. The smallest absolute Gasteiger partial charge is 0.221 e. The number of benzene rings is 1. The molecule has 1 atom stereocenters. The average molecular weight is 219 g/mol. The highest BCUT2D eigenvalue weighted by atomic mass is 16.5. The number of ether oxygens (including phenoxy) is 1. The number of rotatable bonds is 3. The summed E-state index contributed by atoms with van der Waals surface area (Å²) in [4.78, 5) is 11.0. The summed E-state index contributed by atoms with van der Waals surface area (Å²) in [6.07, 6.45) is 4.07. The lowest BCUT2D eigenvalue weighted by molar-refractivity contribution is -0.114. The minimum Gasteiger partial charge on any atom is -0.497 e. The van der Waals surface area contributed by atoms with Gasteiger partial charge >= 0.3 is 0 Å². The highest BCUT2D eigenvalue weighted by Crippen LogP contribution is 2.27. The van der Waals surface area contributed by atoms with E-state index in [-0.39, 0.29) is 5.91 Å². The molecule has 1 unspecified atom stereocenters. The van der Waals surface area contributed by atoms with Gasteiger partial charge in [-0.3, -0.25) is 4.79 Å².